The molecule has 1 heterocycles. The zero-order chi connectivity index (χ0) is 16.5. The number of carbonyl (C=O) groups is 1. The summed E-state index contributed by atoms with van der Waals surface area (Å²) in [5.41, 5.74) is 1.11. The Balaban J connectivity index is 0.00000288. The summed E-state index contributed by atoms with van der Waals surface area (Å²) in [6, 6.07) is 5.77. The van der Waals surface area contributed by atoms with E-state index >= 15 is 0 Å². The van der Waals surface area contributed by atoms with Crippen molar-refractivity contribution in [1.82, 2.24) is 10.2 Å². The van der Waals surface area contributed by atoms with Crippen molar-refractivity contribution in [2.45, 2.75) is 25.8 Å². The maximum Gasteiger partial charge on any atom is 0.222 e. The van der Waals surface area contributed by atoms with Crippen LogP contribution in [-0.2, 0) is 11.3 Å². The molecule has 1 aromatic carbocycles. The summed E-state index contributed by atoms with van der Waals surface area (Å²) in [7, 11) is 1.60. The summed E-state index contributed by atoms with van der Waals surface area (Å²) in [6.45, 7) is 3.59. The minimum atomic E-state index is -0.0218. The molecular weight excluding hydrogens is 332 g/mol. The van der Waals surface area contributed by atoms with Crippen LogP contribution in [0.5, 0.6) is 11.5 Å². The van der Waals surface area contributed by atoms with E-state index in [0.717, 1.165) is 44.6 Å². The van der Waals surface area contributed by atoms with Crippen molar-refractivity contribution in [2.24, 2.45) is 0 Å². The summed E-state index contributed by atoms with van der Waals surface area (Å²) in [5.74, 6) is 1.59. The van der Waals surface area contributed by atoms with Crippen molar-refractivity contribution in [1.29, 1.82) is 0 Å². The van der Waals surface area contributed by atoms with E-state index in [1.807, 2.05) is 23.1 Å². The Bertz CT molecular complexity index is 513. The van der Waals surface area contributed by atoms with Crippen molar-refractivity contribution in [3.63, 3.8) is 0 Å². The molecular formula is C17H27ClN2O4. The molecule has 7 heteroatoms. The minimum absolute atomic E-state index is 0. The fourth-order valence-electron chi connectivity index (χ4n) is 2.66. The summed E-state index contributed by atoms with van der Waals surface area (Å²) >= 11 is 0. The van der Waals surface area contributed by atoms with Crippen molar-refractivity contribution >= 4 is 18.3 Å². The topological polar surface area (TPSA) is 71.0 Å². The smallest absolute Gasteiger partial charge is 0.222 e. The lowest BCUT2D eigenvalue weighted by Crippen LogP contribution is -2.28. The van der Waals surface area contributed by atoms with Crippen LogP contribution in [0.2, 0.25) is 0 Å². The van der Waals surface area contributed by atoms with Gasteiger partial charge in [-0.25, -0.2) is 0 Å². The van der Waals surface area contributed by atoms with Gasteiger partial charge in [0, 0.05) is 26.1 Å². The van der Waals surface area contributed by atoms with Crippen LogP contribution in [0.3, 0.4) is 0 Å². The van der Waals surface area contributed by atoms with Gasteiger partial charge in [0.1, 0.15) is 6.61 Å². The van der Waals surface area contributed by atoms with Gasteiger partial charge in [-0.1, -0.05) is 6.07 Å². The first-order valence-electron chi connectivity index (χ1n) is 8.13. The molecule has 0 bridgehead atoms. The highest BCUT2D eigenvalue weighted by atomic mass is 35.5. The average Bonchev–Trinajstić information content (AvgIpc) is 2.98. The highest BCUT2D eigenvalue weighted by Crippen LogP contribution is 2.27. The fourth-order valence-corrected chi connectivity index (χ4v) is 2.66. The third-order valence-corrected chi connectivity index (χ3v) is 3.86. The standard InChI is InChI=1S/C17H26N2O4.ClH/c1-22-16-12-14(5-6-15(16)23-11-10-20)13-18-7-3-9-19-8-2-4-17(19)21;/h5-6,12,18,20H,2-4,7-11,13H2,1H3;1H. The van der Waals surface area contributed by atoms with Crippen LogP contribution in [0, 0.1) is 0 Å². The Morgan fingerprint density at radius 1 is 1.33 bits per heavy atom. The molecule has 1 aromatic rings. The van der Waals surface area contributed by atoms with Crippen molar-refractivity contribution in [2.75, 3.05) is 40.0 Å². The van der Waals surface area contributed by atoms with E-state index in [9.17, 15) is 4.79 Å². The van der Waals surface area contributed by atoms with Gasteiger partial charge in [-0.2, -0.15) is 0 Å². The van der Waals surface area contributed by atoms with Gasteiger partial charge in [-0.05, 0) is 37.1 Å². The van der Waals surface area contributed by atoms with Crippen LogP contribution in [0.1, 0.15) is 24.8 Å². The van der Waals surface area contributed by atoms with Gasteiger partial charge < -0.3 is 24.8 Å². The maximum absolute atomic E-state index is 11.5. The Morgan fingerprint density at radius 3 is 2.83 bits per heavy atom. The first kappa shape index (κ1) is 20.5. The number of hydrogen-bond acceptors (Lipinski definition) is 5. The number of hydrogen-bond donors (Lipinski definition) is 2. The molecule has 1 aliphatic heterocycles. The first-order chi connectivity index (χ1) is 11.2. The number of amides is 1. The van der Waals surface area contributed by atoms with E-state index in [4.69, 9.17) is 14.6 Å². The van der Waals surface area contributed by atoms with Gasteiger partial charge in [-0.3, -0.25) is 4.79 Å². The molecule has 1 amide bonds. The molecule has 1 fully saturated rings. The number of halogens is 1. The molecule has 0 unspecified atom stereocenters. The second-order valence-corrected chi connectivity index (χ2v) is 5.57. The van der Waals surface area contributed by atoms with E-state index in [1.54, 1.807) is 7.11 Å². The number of nitrogens with one attached hydrogen (secondary N) is 1. The van der Waals surface area contributed by atoms with E-state index in [2.05, 4.69) is 5.32 Å². The molecule has 0 spiro atoms. The zero-order valence-electron chi connectivity index (χ0n) is 14.1. The monoisotopic (exact) mass is 358 g/mol. The number of aliphatic hydroxyl groups is 1. The molecule has 2 rings (SSSR count). The molecule has 1 saturated heterocycles. The van der Waals surface area contributed by atoms with Crippen molar-refractivity contribution in [3.8, 4) is 11.5 Å². The molecule has 0 saturated carbocycles. The predicted molar refractivity (Wildman–Crippen MR) is 95.0 cm³/mol. The Labute approximate surface area is 149 Å². The lowest BCUT2D eigenvalue weighted by molar-refractivity contribution is -0.127. The van der Waals surface area contributed by atoms with Gasteiger partial charge in [-0.15, -0.1) is 12.4 Å². The maximum atomic E-state index is 11.5. The lowest BCUT2D eigenvalue weighted by Gasteiger charge is -2.15. The summed E-state index contributed by atoms with van der Waals surface area (Å²) in [5, 5.41) is 12.2. The molecule has 0 aliphatic carbocycles. The highest BCUT2D eigenvalue weighted by molar-refractivity contribution is 5.85. The molecule has 0 radical (unpaired) electrons. The van der Waals surface area contributed by atoms with E-state index < -0.39 is 0 Å². The Kier molecular flexibility index (Phi) is 9.52. The third kappa shape index (κ3) is 6.19. The molecule has 0 aromatic heterocycles. The average molecular weight is 359 g/mol. The first-order valence-corrected chi connectivity index (χ1v) is 8.13. The number of benzene rings is 1. The zero-order valence-corrected chi connectivity index (χ0v) is 14.9. The number of nitrogens with zero attached hydrogens (tertiary/aromatic N) is 1. The quantitative estimate of drug-likeness (QED) is 0.621. The number of aliphatic hydroxyl groups excluding tert-OH is 1. The van der Waals surface area contributed by atoms with Gasteiger partial charge >= 0.3 is 0 Å². The van der Waals surface area contributed by atoms with E-state index in [0.29, 0.717) is 17.9 Å². The van der Waals surface area contributed by atoms with Gasteiger partial charge in [0.25, 0.3) is 0 Å². The van der Waals surface area contributed by atoms with Crippen LogP contribution in [-0.4, -0.2) is 55.9 Å². The molecule has 1 aliphatic rings. The highest BCUT2D eigenvalue weighted by Gasteiger charge is 2.18. The summed E-state index contributed by atoms with van der Waals surface area (Å²) in [4.78, 5) is 13.4. The number of ether oxygens (including phenoxy) is 2. The number of likely N-dealkylation sites (tertiary alicyclic amines) is 1. The van der Waals surface area contributed by atoms with Gasteiger partial charge in [0.2, 0.25) is 5.91 Å². The largest absolute Gasteiger partial charge is 0.493 e. The number of carbonyl (C=O) groups excluding carboxylic acids is 1. The fraction of sp³-hybridized carbons (Fsp3) is 0.588. The SMILES string of the molecule is COc1cc(CNCCCN2CCCC2=O)ccc1OCCO.Cl. The van der Waals surface area contributed by atoms with Crippen LogP contribution < -0.4 is 14.8 Å². The van der Waals surface area contributed by atoms with Crippen molar-refractivity contribution < 1.29 is 19.4 Å². The second-order valence-electron chi connectivity index (χ2n) is 5.57. The van der Waals surface area contributed by atoms with Crippen molar-refractivity contribution in [3.05, 3.63) is 23.8 Å². The number of methoxy groups -OCH3 is 1. The normalized spacial score (nSPS) is 13.8. The molecule has 2 N–H and O–H groups in total. The van der Waals surface area contributed by atoms with Gasteiger partial charge in [0.05, 0.1) is 13.7 Å². The lowest BCUT2D eigenvalue weighted by atomic mass is 10.2. The molecule has 0 atom stereocenters. The Morgan fingerprint density at radius 2 is 2.17 bits per heavy atom. The summed E-state index contributed by atoms with van der Waals surface area (Å²) in [6.07, 6.45) is 2.66. The minimum Gasteiger partial charge on any atom is -0.493 e. The van der Waals surface area contributed by atoms with Gasteiger partial charge in [0.15, 0.2) is 11.5 Å². The Hall–Kier alpha value is -1.50. The van der Waals surface area contributed by atoms with Crippen LogP contribution >= 0.6 is 12.4 Å². The predicted octanol–water partition coefficient (Wildman–Crippen LogP) is 1.59. The third-order valence-electron chi connectivity index (χ3n) is 3.86. The van der Waals surface area contributed by atoms with Crippen LogP contribution in [0.15, 0.2) is 18.2 Å². The molecule has 136 valence electrons. The summed E-state index contributed by atoms with van der Waals surface area (Å²) < 4.78 is 10.7. The van der Waals surface area contributed by atoms with Crippen LogP contribution in [0.25, 0.3) is 0 Å². The van der Waals surface area contributed by atoms with Crippen LogP contribution in [0.4, 0.5) is 0 Å². The van der Waals surface area contributed by atoms with E-state index in [-0.39, 0.29) is 31.5 Å². The second kappa shape index (κ2) is 11.1. The molecule has 6 nitrogen and oxygen atoms in total. The molecule has 24 heavy (non-hydrogen) atoms. The number of rotatable bonds is 10. The van der Waals surface area contributed by atoms with E-state index in [1.165, 1.54) is 0 Å².